The summed E-state index contributed by atoms with van der Waals surface area (Å²) in [6.07, 6.45) is -14.3. The number of aliphatic hydroxyl groups is 5. The van der Waals surface area contributed by atoms with Crippen molar-refractivity contribution in [3.8, 4) is 0 Å². The molecule has 8 N–H and O–H groups in total. The molecule has 2 fully saturated rings. The second-order valence-electron chi connectivity index (χ2n) is 8.38. The fourth-order valence-electron chi connectivity index (χ4n) is 3.78. The number of imidazole rings is 1. The largest absolute Gasteiger partial charge is 1.00 e. The van der Waals surface area contributed by atoms with Gasteiger partial charge in [-0.3, -0.25) is 28.0 Å². The predicted octanol–water partition coefficient (Wildman–Crippen LogP) is -10.9. The van der Waals surface area contributed by atoms with Gasteiger partial charge in [0, 0.05) is 0 Å². The number of aliphatic hydroxyl groups excluding tert-OH is 5. The number of hydrogen-bond acceptors (Lipinski definition) is 18. The Labute approximate surface area is 268 Å². The minimum atomic E-state index is -5.82. The molecule has 0 aliphatic carbocycles. The van der Waals surface area contributed by atoms with Crippen LogP contribution < -0.4 is 80.2 Å². The van der Waals surface area contributed by atoms with E-state index in [9.17, 15) is 49.2 Å². The van der Waals surface area contributed by atoms with Gasteiger partial charge in [0.25, 0.3) is 21.2 Å². The van der Waals surface area contributed by atoms with E-state index in [1.165, 1.54) is 6.92 Å². The van der Waals surface area contributed by atoms with Crippen molar-refractivity contribution in [2.45, 2.75) is 62.2 Å². The summed E-state index contributed by atoms with van der Waals surface area (Å²) in [5, 5.41) is 49.9. The molecule has 4 rings (SSSR count). The zero-order valence-electron chi connectivity index (χ0n) is 21.1. The molecule has 2 aromatic heterocycles. The molecule has 2 aromatic rings. The second-order valence-corrected chi connectivity index (χ2v) is 11.3. The van der Waals surface area contributed by atoms with Crippen molar-refractivity contribution in [1.82, 2.24) is 19.5 Å². The fourth-order valence-corrected chi connectivity index (χ4v) is 5.86. The van der Waals surface area contributed by atoms with Crippen LogP contribution in [0, 0.1) is 0 Å². The summed E-state index contributed by atoms with van der Waals surface area (Å²) in [6.45, 7) is 0.168. The van der Waals surface area contributed by atoms with Gasteiger partial charge in [0.05, 0.1) is 19.0 Å². The Bertz CT molecular complexity index is 1330. The maximum Gasteiger partial charge on any atom is 1.00 e. The number of anilines is 1. The number of rotatable bonds is 8. The molecule has 2 aliphatic heterocycles. The number of nitrogen functional groups attached to an aromatic ring is 1. The van der Waals surface area contributed by atoms with E-state index in [0.29, 0.717) is 0 Å². The van der Waals surface area contributed by atoms with Gasteiger partial charge < -0.3 is 55.1 Å². The number of nitrogens with one attached hydrogen (secondary N) is 1. The maximum atomic E-state index is 12.1. The summed E-state index contributed by atoms with van der Waals surface area (Å²) >= 11 is 0. The number of nitrogens with zero attached hydrogens (tertiary/aromatic N) is 3. The third kappa shape index (κ3) is 7.79. The summed E-state index contributed by atoms with van der Waals surface area (Å²) < 4.78 is 48.3. The van der Waals surface area contributed by atoms with Gasteiger partial charge in [-0.15, -0.1) is 0 Å². The Kier molecular flexibility index (Phi) is 12.6. The second kappa shape index (κ2) is 13.8. The van der Waals surface area contributed by atoms with Gasteiger partial charge in [-0.2, -0.15) is 4.98 Å². The van der Waals surface area contributed by atoms with Crippen LogP contribution in [0.1, 0.15) is 13.2 Å². The molecule has 0 spiro atoms. The number of phosphoric ester groups is 2. The monoisotopic (exact) mass is 633 g/mol. The van der Waals surface area contributed by atoms with Crippen LogP contribution in [0.5, 0.6) is 0 Å². The molecule has 24 heteroatoms. The normalized spacial score (nSPS) is 35.4. The number of aromatic nitrogens is 4. The summed E-state index contributed by atoms with van der Waals surface area (Å²) in [5.74, 6) is -0.280. The zero-order chi connectivity index (χ0) is 28.2. The van der Waals surface area contributed by atoms with Gasteiger partial charge in [-0.05, 0) is 6.92 Å². The zero-order valence-corrected chi connectivity index (χ0v) is 26.9. The van der Waals surface area contributed by atoms with Crippen molar-refractivity contribution in [2.75, 3.05) is 12.3 Å². The Balaban J connectivity index is 0.00000280. The van der Waals surface area contributed by atoms with Crippen LogP contribution in [0.25, 0.3) is 11.2 Å². The van der Waals surface area contributed by atoms with Crippen LogP contribution in [0.15, 0.2) is 11.1 Å². The van der Waals surface area contributed by atoms with E-state index in [1.807, 2.05) is 0 Å². The number of ether oxygens (including phenoxy) is 2. The van der Waals surface area contributed by atoms with E-state index in [2.05, 4.69) is 28.3 Å². The molecule has 2 aliphatic rings. The number of hydrogen-bond donors (Lipinski definition) is 7. The van der Waals surface area contributed by atoms with E-state index in [4.69, 9.17) is 15.2 Å². The first-order valence-electron chi connectivity index (χ1n) is 10.7. The van der Waals surface area contributed by atoms with Gasteiger partial charge in [-0.1, -0.05) is 0 Å². The van der Waals surface area contributed by atoms with E-state index < -0.39 is 83.1 Å². The molecule has 20 nitrogen and oxygen atoms in total. The Morgan fingerprint density at radius 3 is 2.35 bits per heavy atom. The Hall–Kier alpha value is 0.130. The van der Waals surface area contributed by atoms with E-state index in [-0.39, 0.29) is 76.2 Å². The smallest absolute Gasteiger partial charge is 0.756 e. The minimum absolute atomic E-state index is 0. The van der Waals surface area contributed by atoms with Crippen LogP contribution in [0.2, 0.25) is 0 Å². The van der Waals surface area contributed by atoms with Crippen LogP contribution in [-0.4, -0.2) is 101 Å². The first kappa shape index (κ1) is 36.3. The summed E-state index contributed by atoms with van der Waals surface area (Å²) in [7, 11) is -11.6. The van der Waals surface area contributed by atoms with Crippen LogP contribution in [-0.2, 0) is 32.0 Å². The van der Waals surface area contributed by atoms with E-state index in [0.717, 1.165) is 10.9 Å². The standard InChI is InChI=1S/C16H25N5O15P2.2Na/c1-4-7(22)9(24)11(26)15(33-4)35-38(30,31)36-37(28,29)32-2-5-8(23)10(25)14(34-5)21-3-18-6-12(21)19-16(17)20-13(6)27;;/h3-5,7-11,14-15,22-26H,2H2,1H3,(H,28,29)(H,30,31)(H3,17,19,20,27);;/q;2*+1/p-2/t4?,5-,7?,8-,9?,10?,11+,14-,15-;;/m1../s1. The Morgan fingerprint density at radius 2 is 1.70 bits per heavy atom. The number of fused-ring (bicyclic) bond motifs is 1. The third-order valence-electron chi connectivity index (χ3n) is 5.70. The molecule has 0 radical (unpaired) electrons. The van der Waals surface area contributed by atoms with Crippen LogP contribution in [0.3, 0.4) is 0 Å². The molecule has 40 heavy (non-hydrogen) atoms. The van der Waals surface area contributed by atoms with Crippen molar-refractivity contribution in [3.63, 3.8) is 0 Å². The summed E-state index contributed by atoms with van der Waals surface area (Å²) in [5.41, 5.74) is 4.52. The first-order chi connectivity index (χ1) is 17.6. The summed E-state index contributed by atoms with van der Waals surface area (Å²) in [6, 6.07) is 0. The Morgan fingerprint density at radius 1 is 1.05 bits per heavy atom. The SMILES string of the molecule is CC1O[C@H](OP(=O)([O-])OP(=O)([O-])OC[C@H]2O[C@@H](n3cnc4c(=O)[nH]c(N)nc43)C(O)[C@@H]2O)[C@@H](O)C(O)C1O.[Na+].[Na+]. The van der Waals surface area contributed by atoms with Gasteiger partial charge in [-0.25, -0.2) is 9.29 Å². The quantitative estimate of drug-likeness (QED) is 0.105. The first-order valence-corrected chi connectivity index (χ1v) is 13.6. The van der Waals surface area contributed by atoms with Crippen molar-refractivity contribution in [3.05, 3.63) is 16.7 Å². The molecule has 4 heterocycles. The molecule has 6 unspecified atom stereocenters. The molecular weight excluding hydrogens is 610 g/mol. The molecule has 0 amide bonds. The molecule has 0 saturated carbocycles. The average Bonchev–Trinajstić information content (AvgIpc) is 3.35. The van der Waals surface area contributed by atoms with Gasteiger partial charge >= 0.3 is 59.1 Å². The predicted molar refractivity (Wildman–Crippen MR) is 114 cm³/mol. The van der Waals surface area contributed by atoms with Crippen molar-refractivity contribution in [1.29, 1.82) is 0 Å². The van der Waals surface area contributed by atoms with Crippen LogP contribution >= 0.6 is 15.6 Å². The third-order valence-corrected chi connectivity index (χ3v) is 8.23. The molecule has 0 aromatic carbocycles. The minimum Gasteiger partial charge on any atom is -0.756 e. The van der Waals surface area contributed by atoms with Crippen LogP contribution in [0.4, 0.5) is 5.95 Å². The average molecular weight is 633 g/mol. The number of aromatic amines is 1. The maximum absolute atomic E-state index is 12.1. The van der Waals surface area contributed by atoms with Gasteiger partial charge in [0.15, 0.2) is 23.7 Å². The van der Waals surface area contributed by atoms with E-state index in [1.54, 1.807) is 0 Å². The van der Waals surface area contributed by atoms with Crippen molar-refractivity contribution in [2.24, 2.45) is 0 Å². The van der Waals surface area contributed by atoms with Crippen molar-refractivity contribution < 1.29 is 126 Å². The molecule has 0 bridgehead atoms. The molecule has 214 valence electrons. The summed E-state index contributed by atoms with van der Waals surface area (Å²) in [4.78, 5) is 46.1. The van der Waals surface area contributed by atoms with E-state index >= 15 is 0 Å². The number of phosphoric acid groups is 2. The topological polar surface area (TPSA) is 317 Å². The molecule has 2 saturated heterocycles. The number of H-pyrrole nitrogens is 1. The van der Waals surface area contributed by atoms with Crippen molar-refractivity contribution >= 4 is 32.8 Å². The number of nitrogens with two attached hydrogens (primary N) is 1. The molecular formula is C16H23N5Na2O15P2. The fraction of sp³-hybridized carbons (Fsp3) is 0.688. The molecule has 11 atom stereocenters. The van der Waals surface area contributed by atoms with Gasteiger partial charge in [0.1, 0.15) is 36.6 Å². The van der Waals surface area contributed by atoms with Gasteiger partial charge in [0.2, 0.25) is 5.95 Å².